The number of hydrogen-bond donors (Lipinski definition) is 1. The van der Waals surface area contributed by atoms with E-state index in [2.05, 4.69) is 44.4 Å². The van der Waals surface area contributed by atoms with Gasteiger partial charge in [-0.1, -0.05) is 71.1 Å². The molecule has 2 fully saturated rings. The fourth-order valence-electron chi connectivity index (χ4n) is 4.98. The van der Waals surface area contributed by atoms with E-state index in [1.807, 2.05) is 43.3 Å². The minimum Gasteiger partial charge on any atom is -0.346 e. The van der Waals surface area contributed by atoms with Gasteiger partial charge in [0.25, 0.3) is 5.91 Å². The highest BCUT2D eigenvalue weighted by Crippen LogP contribution is 2.27. The normalized spacial score (nSPS) is 18.9. The van der Waals surface area contributed by atoms with Crippen molar-refractivity contribution in [2.45, 2.75) is 57.9 Å². The van der Waals surface area contributed by atoms with Crippen LogP contribution in [0.5, 0.6) is 0 Å². The van der Waals surface area contributed by atoms with Crippen LogP contribution < -0.4 is 5.32 Å². The number of halogens is 1. The van der Waals surface area contributed by atoms with Gasteiger partial charge in [0, 0.05) is 29.7 Å². The predicted octanol–water partition coefficient (Wildman–Crippen LogP) is 7.00. The maximum Gasteiger partial charge on any atom is 0.251 e. The number of hydrogen-bond acceptors (Lipinski definition) is 2. The van der Waals surface area contributed by atoms with Gasteiger partial charge in [0.2, 0.25) is 0 Å². The monoisotopic (exact) mass is 494 g/mol. The lowest BCUT2D eigenvalue weighted by Gasteiger charge is -2.33. The Kier molecular flexibility index (Phi) is 8.20. The molecule has 0 bridgehead atoms. The Balaban J connectivity index is 1.27. The molecular weight excluding hydrogens is 460 g/mol. The molecule has 2 aromatic rings. The zero-order valence-electron chi connectivity index (χ0n) is 19.2. The van der Waals surface area contributed by atoms with Gasteiger partial charge in [-0.25, -0.2) is 0 Å². The quantitative estimate of drug-likeness (QED) is 0.468. The SMILES string of the molecule is C[C@@H](NC(=O)c1ccc(C=C2CCN(CC3CCCCC3)CC2)cc1)c1ccc(Br)cc1. The Labute approximate surface area is 201 Å². The minimum absolute atomic E-state index is 0.0313. The molecular formula is C28H35BrN2O. The number of amides is 1. The van der Waals surface area contributed by atoms with Gasteiger partial charge in [-0.15, -0.1) is 0 Å². The van der Waals surface area contributed by atoms with Gasteiger partial charge in [-0.2, -0.15) is 0 Å². The molecule has 1 amide bonds. The number of likely N-dealkylation sites (tertiary alicyclic amines) is 1. The molecule has 4 rings (SSSR count). The average molecular weight is 496 g/mol. The van der Waals surface area contributed by atoms with E-state index in [0.29, 0.717) is 5.56 Å². The largest absolute Gasteiger partial charge is 0.346 e. The molecule has 3 nitrogen and oxygen atoms in total. The molecule has 170 valence electrons. The third-order valence-electron chi connectivity index (χ3n) is 7.00. The maximum absolute atomic E-state index is 12.7. The Hall–Kier alpha value is -1.91. The number of carbonyl (C=O) groups excluding carboxylic acids is 1. The molecule has 1 aliphatic carbocycles. The molecule has 0 radical (unpaired) electrons. The first-order valence-electron chi connectivity index (χ1n) is 12.1. The van der Waals surface area contributed by atoms with Gasteiger partial charge in [0.15, 0.2) is 0 Å². The van der Waals surface area contributed by atoms with E-state index >= 15 is 0 Å². The summed E-state index contributed by atoms with van der Waals surface area (Å²) in [4.78, 5) is 15.3. The van der Waals surface area contributed by atoms with Crippen LogP contribution in [0, 0.1) is 5.92 Å². The predicted molar refractivity (Wildman–Crippen MR) is 137 cm³/mol. The zero-order chi connectivity index (χ0) is 22.3. The molecule has 2 aromatic carbocycles. The van der Waals surface area contributed by atoms with Crippen molar-refractivity contribution in [3.05, 3.63) is 75.3 Å². The van der Waals surface area contributed by atoms with Crippen LogP contribution in [-0.2, 0) is 0 Å². The van der Waals surface area contributed by atoms with Crippen LogP contribution in [0.25, 0.3) is 6.08 Å². The Morgan fingerprint density at radius 2 is 1.69 bits per heavy atom. The number of benzene rings is 2. The number of piperidine rings is 1. The van der Waals surface area contributed by atoms with E-state index in [9.17, 15) is 4.79 Å². The van der Waals surface area contributed by atoms with E-state index in [-0.39, 0.29) is 11.9 Å². The van der Waals surface area contributed by atoms with Crippen LogP contribution in [0.1, 0.15) is 79.4 Å². The van der Waals surface area contributed by atoms with Gasteiger partial charge in [-0.3, -0.25) is 4.79 Å². The summed E-state index contributed by atoms with van der Waals surface area (Å²) in [5, 5.41) is 3.10. The summed E-state index contributed by atoms with van der Waals surface area (Å²) >= 11 is 3.45. The minimum atomic E-state index is -0.0318. The summed E-state index contributed by atoms with van der Waals surface area (Å²) in [7, 11) is 0. The second-order valence-electron chi connectivity index (χ2n) is 9.48. The molecule has 0 unspecified atom stereocenters. The Morgan fingerprint density at radius 1 is 1.03 bits per heavy atom. The molecule has 4 heteroatoms. The molecule has 1 saturated heterocycles. The van der Waals surface area contributed by atoms with Gasteiger partial charge < -0.3 is 10.2 Å². The van der Waals surface area contributed by atoms with Crippen molar-refractivity contribution in [3.8, 4) is 0 Å². The Morgan fingerprint density at radius 3 is 2.34 bits per heavy atom. The first kappa shape index (κ1) is 23.3. The first-order valence-corrected chi connectivity index (χ1v) is 12.9. The summed E-state index contributed by atoms with van der Waals surface area (Å²) < 4.78 is 1.04. The number of nitrogens with zero attached hydrogens (tertiary/aromatic N) is 1. The van der Waals surface area contributed by atoms with Crippen LogP contribution in [0.2, 0.25) is 0 Å². The number of rotatable bonds is 6. The van der Waals surface area contributed by atoms with E-state index < -0.39 is 0 Å². The van der Waals surface area contributed by atoms with Crippen LogP contribution in [0.4, 0.5) is 0 Å². The zero-order valence-corrected chi connectivity index (χ0v) is 20.7. The molecule has 0 aromatic heterocycles. The second kappa shape index (κ2) is 11.3. The van der Waals surface area contributed by atoms with Crippen molar-refractivity contribution in [2.75, 3.05) is 19.6 Å². The third-order valence-corrected chi connectivity index (χ3v) is 7.53. The summed E-state index contributed by atoms with van der Waals surface area (Å²) in [5.74, 6) is 0.898. The van der Waals surface area contributed by atoms with Crippen molar-refractivity contribution in [2.24, 2.45) is 5.92 Å². The molecule has 0 spiro atoms. The highest BCUT2D eigenvalue weighted by Gasteiger charge is 2.20. The van der Waals surface area contributed by atoms with Crippen molar-refractivity contribution < 1.29 is 4.79 Å². The smallest absolute Gasteiger partial charge is 0.251 e. The van der Waals surface area contributed by atoms with Gasteiger partial charge >= 0.3 is 0 Å². The highest BCUT2D eigenvalue weighted by atomic mass is 79.9. The molecule has 1 heterocycles. The van der Waals surface area contributed by atoms with Crippen LogP contribution in [-0.4, -0.2) is 30.4 Å². The standard InChI is InChI=1S/C28H35BrN2O/c1-21(25-11-13-27(29)14-12-25)30-28(32)26-9-7-22(8-10-26)19-23-15-17-31(18-16-23)20-24-5-3-2-4-6-24/h7-14,19,21,24H,2-6,15-18,20H2,1H3,(H,30,32)/t21-/m1/s1. The fourth-order valence-corrected chi connectivity index (χ4v) is 5.25. The summed E-state index contributed by atoms with van der Waals surface area (Å²) in [5.41, 5.74) is 4.53. The maximum atomic E-state index is 12.7. The van der Waals surface area contributed by atoms with Crippen LogP contribution in [0.3, 0.4) is 0 Å². The molecule has 1 atom stereocenters. The molecule has 1 saturated carbocycles. The summed E-state index contributed by atoms with van der Waals surface area (Å²) in [6.45, 7) is 5.70. The van der Waals surface area contributed by atoms with Gasteiger partial charge in [0.05, 0.1) is 6.04 Å². The lowest BCUT2D eigenvalue weighted by Crippen LogP contribution is -2.35. The number of nitrogens with one attached hydrogen (secondary N) is 1. The molecule has 1 aliphatic heterocycles. The number of carbonyl (C=O) groups is 1. The van der Waals surface area contributed by atoms with Crippen LogP contribution in [0.15, 0.2) is 58.6 Å². The van der Waals surface area contributed by atoms with E-state index in [1.165, 1.54) is 75.7 Å². The summed E-state index contributed by atoms with van der Waals surface area (Å²) in [6, 6.07) is 16.1. The molecule has 1 N–H and O–H groups in total. The second-order valence-corrected chi connectivity index (χ2v) is 10.4. The van der Waals surface area contributed by atoms with Crippen molar-refractivity contribution in [3.63, 3.8) is 0 Å². The van der Waals surface area contributed by atoms with E-state index in [0.717, 1.165) is 16.0 Å². The topological polar surface area (TPSA) is 32.3 Å². The first-order chi connectivity index (χ1) is 15.6. The third kappa shape index (κ3) is 6.55. The van der Waals surface area contributed by atoms with Crippen LogP contribution >= 0.6 is 15.9 Å². The molecule has 32 heavy (non-hydrogen) atoms. The lowest BCUT2D eigenvalue weighted by molar-refractivity contribution is 0.0940. The van der Waals surface area contributed by atoms with Gasteiger partial charge in [0.1, 0.15) is 0 Å². The highest BCUT2D eigenvalue weighted by molar-refractivity contribution is 9.10. The van der Waals surface area contributed by atoms with Crippen molar-refractivity contribution in [1.29, 1.82) is 0 Å². The van der Waals surface area contributed by atoms with E-state index in [1.54, 1.807) is 0 Å². The summed E-state index contributed by atoms with van der Waals surface area (Å²) in [6.07, 6.45) is 11.8. The average Bonchev–Trinajstić information content (AvgIpc) is 2.82. The lowest BCUT2D eigenvalue weighted by atomic mass is 9.88. The molecule has 2 aliphatic rings. The fraction of sp³-hybridized carbons (Fsp3) is 0.464. The Bertz CT molecular complexity index is 903. The van der Waals surface area contributed by atoms with Gasteiger partial charge in [-0.05, 0) is 73.9 Å². The van der Waals surface area contributed by atoms with Crippen molar-refractivity contribution in [1.82, 2.24) is 10.2 Å². The van der Waals surface area contributed by atoms with E-state index in [4.69, 9.17) is 0 Å². The van der Waals surface area contributed by atoms with Crippen molar-refractivity contribution >= 4 is 27.9 Å².